The van der Waals surface area contributed by atoms with Crippen molar-refractivity contribution < 1.29 is 14.3 Å². The topological polar surface area (TPSA) is 40.5 Å². The van der Waals surface area contributed by atoms with Gasteiger partial charge in [-0.05, 0) is 69.1 Å². The van der Waals surface area contributed by atoms with Crippen LogP contribution in [0.4, 0.5) is 4.39 Å². The van der Waals surface area contributed by atoms with Crippen LogP contribution < -0.4 is 0 Å². The maximum absolute atomic E-state index is 13.6. The number of benzene rings is 1. The molecule has 2 aliphatic rings. The lowest BCUT2D eigenvalue weighted by Crippen LogP contribution is -2.51. The molecule has 1 N–H and O–H groups in total. The third kappa shape index (κ3) is 3.57. The van der Waals surface area contributed by atoms with E-state index in [0.717, 1.165) is 43.5 Å². The quantitative estimate of drug-likeness (QED) is 0.930. The third-order valence-electron chi connectivity index (χ3n) is 5.54. The lowest BCUT2D eigenvalue weighted by Gasteiger charge is -2.43. The second kappa shape index (κ2) is 6.23. The first-order chi connectivity index (χ1) is 10.9. The Balaban J connectivity index is 1.51. The SMILES string of the molecule is Cc1c(F)cccc1CC1CCN(C(=O)[C@H]2C[C@@](C)(O)C2)CC1. The van der Waals surface area contributed by atoms with E-state index >= 15 is 0 Å². The smallest absolute Gasteiger partial charge is 0.225 e. The molecule has 4 heteroatoms. The number of amides is 1. The maximum atomic E-state index is 13.6. The van der Waals surface area contributed by atoms with E-state index in [-0.39, 0.29) is 17.6 Å². The number of aliphatic hydroxyl groups is 1. The zero-order chi connectivity index (χ0) is 16.6. The molecule has 1 heterocycles. The number of carbonyl (C=O) groups is 1. The molecule has 1 saturated carbocycles. The normalized spacial score (nSPS) is 28.5. The Labute approximate surface area is 137 Å². The Morgan fingerprint density at radius 2 is 2.00 bits per heavy atom. The van der Waals surface area contributed by atoms with Crippen molar-refractivity contribution in [2.24, 2.45) is 11.8 Å². The fraction of sp³-hybridized carbons (Fsp3) is 0.632. The molecule has 3 rings (SSSR count). The zero-order valence-corrected chi connectivity index (χ0v) is 14.0. The monoisotopic (exact) mass is 319 g/mol. The van der Waals surface area contributed by atoms with Crippen molar-refractivity contribution in [2.75, 3.05) is 13.1 Å². The van der Waals surface area contributed by atoms with E-state index in [1.54, 1.807) is 13.0 Å². The average molecular weight is 319 g/mol. The lowest BCUT2D eigenvalue weighted by atomic mass is 9.71. The molecule has 1 amide bonds. The van der Waals surface area contributed by atoms with E-state index in [0.29, 0.717) is 18.8 Å². The Morgan fingerprint density at radius 1 is 1.35 bits per heavy atom. The molecule has 1 aromatic rings. The van der Waals surface area contributed by atoms with Crippen molar-refractivity contribution in [1.82, 2.24) is 4.90 Å². The van der Waals surface area contributed by atoms with Gasteiger partial charge in [-0.1, -0.05) is 12.1 Å². The van der Waals surface area contributed by atoms with Crippen molar-refractivity contribution in [3.8, 4) is 0 Å². The summed E-state index contributed by atoms with van der Waals surface area (Å²) in [7, 11) is 0. The molecule has 1 aliphatic heterocycles. The van der Waals surface area contributed by atoms with Crippen molar-refractivity contribution in [2.45, 2.75) is 51.6 Å². The summed E-state index contributed by atoms with van der Waals surface area (Å²) >= 11 is 0. The Bertz CT molecular complexity index is 583. The Kier molecular flexibility index (Phi) is 4.45. The minimum absolute atomic E-state index is 0.00649. The molecule has 0 bridgehead atoms. The van der Waals surface area contributed by atoms with E-state index < -0.39 is 5.60 Å². The third-order valence-corrected chi connectivity index (χ3v) is 5.54. The molecule has 126 valence electrons. The van der Waals surface area contributed by atoms with Crippen molar-refractivity contribution in [1.29, 1.82) is 0 Å². The highest BCUT2D eigenvalue weighted by atomic mass is 19.1. The molecule has 1 aliphatic carbocycles. The van der Waals surface area contributed by atoms with Gasteiger partial charge in [0, 0.05) is 19.0 Å². The standard InChI is InChI=1S/C19H26FNO2/c1-13-15(4-3-5-17(13)20)10-14-6-8-21(9-7-14)18(22)16-11-19(2,23)12-16/h3-5,14,16,23H,6-12H2,1-2H3/t16-,19+. The maximum Gasteiger partial charge on any atom is 0.225 e. The minimum atomic E-state index is -0.645. The van der Waals surface area contributed by atoms with Gasteiger partial charge in [0.05, 0.1) is 5.60 Å². The van der Waals surface area contributed by atoms with Crippen molar-refractivity contribution in [3.63, 3.8) is 0 Å². The molecule has 2 fully saturated rings. The lowest BCUT2D eigenvalue weighted by molar-refractivity contribution is -0.151. The first-order valence-corrected chi connectivity index (χ1v) is 8.61. The van der Waals surface area contributed by atoms with Crippen LogP contribution in [0.5, 0.6) is 0 Å². The fourth-order valence-electron chi connectivity index (χ4n) is 3.98. The van der Waals surface area contributed by atoms with Crippen molar-refractivity contribution >= 4 is 5.91 Å². The highest BCUT2D eigenvalue weighted by Gasteiger charge is 2.44. The fourth-order valence-corrected chi connectivity index (χ4v) is 3.98. The van der Waals surface area contributed by atoms with Gasteiger partial charge in [-0.3, -0.25) is 4.79 Å². The number of halogens is 1. The van der Waals surface area contributed by atoms with Crippen LogP contribution in [0.25, 0.3) is 0 Å². The van der Waals surface area contributed by atoms with E-state index in [2.05, 4.69) is 0 Å². The molecule has 23 heavy (non-hydrogen) atoms. The van der Waals surface area contributed by atoms with E-state index in [4.69, 9.17) is 0 Å². The minimum Gasteiger partial charge on any atom is -0.390 e. The predicted molar refractivity (Wildman–Crippen MR) is 87.5 cm³/mol. The molecule has 0 radical (unpaired) electrons. The van der Waals surface area contributed by atoms with Crippen LogP contribution in [0.3, 0.4) is 0 Å². The van der Waals surface area contributed by atoms with Gasteiger partial charge >= 0.3 is 0 Å². The van der Waals surface area contributed by atoms with Gasteiger partial charge in [0.15, 0.2) is 0 Å². The van der Waals surface area contributed by atoms with Crippen LogP contribution in [0, 0.1) is 24.6 Å². The summed E-state index contributed by atoms with van der Waals surface area (Å²) < 4.78 is 13.6. The number of piperidine rings is 1. The second-order valence-electron chi connectivity index (χ2n) is 7.60. The summed E-state index contributed by atoms with van der Waals surface area (Å²) in [4.78, 5) is 14.4. The Morgan fingerprint density at radius 3 is 2.61 bits per heavy atom. The summed E-state index contributed by atoms with van der Waals surface area (Å²) in [5.74, 6) is 0.597. The summed E-state index contributed by atoms with van der Waals surface area (Å²) in [5.41, 5.74) is 1.20. The first kappa shape index (κ1) is 16.4. The first-order valence-electron chi connectivity index (χ1n) is 8.61. The van der Waals surface area contributed by atoms with Gasteiger partial charge in [0.2, 0.25) is 5.91 Å². The van der Waals surface area contributed by atoms with E-state index in [1.165, 1.54) is 6.07 Å². The van der Waals surface area contributed by atoms with E-state index in [1.807, 2.05) is 17.9 Å². The van der Waals surface area contributed by atoms with Crippen LogP contribution in [0.1, 0.15) is 43.7 Å². The largest absolute Gasteiger partial charge is 0.390 e. The molecule has 3 nitrogen and oxygen atoms in total. The number of hydrogen-bond donors (Lipinski definition) is 1. The molecular formula is C19H26FNO2. The highest BCUT2D eigenvalue weighted by molar-refractivity contribution is 5.80. The number of hydrogen-bond acceptors (Lipinski definition) is 2. The average Bonchev–Trinajstić information content (AvgIpc) is 2.49. The molecule has 0 aromatic heterocycles. The predicted octanol–water partition coefficient (Wildman–Crippen LogP) is 3.08. The van der Waals surface area contributed by atoms with Gasteiger partial charge < -0.3 is 10.0 Å². The molecule has 0 spiro atoms. The second-order valence-corrected chi connectivity index (χ2v) is 7.60. The van der Waals surface area contributed by atoms with E-state index in [9.17, 15) is 14.3 Å². The zero-order valence-electron chi connectivity index (χ0n) is 14.0. The van der Waals surface area contributed by atoms with Gasteiger partial charge in [-0.2, -0.15) is 0 Å². The number of rotatable bonds is 3. The highest BCUT2D eigenvalue weighted by Crippen LogP contribution is 2.39. The summed E-state index contributed by atoms with van der Waals surface area (Å²) in [6.45, 7) is 5.21. The van der Waals surface area contributed by atoms with Crippen LogP contribution in [-0.2, 0) is 11.2 Å². The number of nitrogens with zero attached hydrogens (tertiary/aromatic N) is 1. The molecule has 1 aromatic carbocycles. The van der Waals surface area contributed by atoms with Gasteiger partial charge in [0.1, 0.15) is 5.82 Å². The van der Waals surface area contributed by atoms with Crippen LogP contribution in [0.15, 0.2) is 18.2 Å². The van der Waals surface area contributed by atoms with Gasteiger partial charge in [-0.25, -0.2) is 4.39 Å². The van der Waals surface area contributed by atoms with Gasteiger partial charge in [0.25, 0.3) is 0 Å². The summed E-state index contributed by atoms with van der Waals surface area (Å²) in [6, 6.07) is 5.29. The summed E-state index contributed by atoms with van der Waals surface area (Å²) in [5, 5.41) is 9.78. The van der Waals surface area contributed by atoms with Crippen LogP contribution in [0.2, 0.25) is 0 Å². The van der Waals surface area contributed by atoms with Crippen LogP contribution >= 0.6 is 0 Å². The molecular weight excluding hydrogens is 293 g/mol. The van der Waals surface area contributed by atoms with Gasteiger partial charge in [-0.15, -0.1) is 0 Å². The van der Waals surface area contributed by atoms with Crippen molar-refractivity contribution in [3.05, 3.63) is 35.1 Å². The molecule has 1 saturated heterocycles. The Hall–Kier alpha value is -1.42. The number of carbonyl (C=O) groups excluding carboxylic acids is 1. The molecule has 0 unspecified atom stereocenters. The number of likely N-dealkylation sites (tertiary alicyclic amines) is 1. The van der Waals surface area contributed by atoms with Crippen LogP contribution in [-0.4, -0.2) is 34.6 Å². The summed E-state index contributed by atoms with van der Waals surface area (Å²) in [6.07, 6.45) is 4.03. The molecule has 0 atom stereocenters.